The Morgan fingerprint density at radius 2 is 2.04 bits per heavy atom. The highest BCUT2D eigenvalue weighted by atomic mass is 16.2. The molecular weight excluding hydrogens is 288 g/mol. The van der Waals surface area contributed by atoms with E-state index < -0.39 is 0 Å². The second-order valence-corrected chi connectivity index (χ2v) is 6.18. The maximum absolute atomic E-state index is 12.4. The number of nitrogens with one attached hydrogen (secondary N) is 1. The third-order valence-corrected chi connectivity index (χ3v) is 4.26. The van der Waals surface area contributed by atoms with Gasteiger partial charge in [0, 0.05) is 19.0 Å². The zero-order valence-electron chi connectivity index (χ0n) is 13.8. The molecule has 23 heavy (non-hydrogen) atoms. The van der Waals surface area contributed by atoms with E-state index in [1.54, 1.807) is 6.33 Å². The molecule has 0 aliphatic heterocycles. The predicted octanol–water partition coefficient (Wildman–Crippen LogP) is 2.62. The predicted molar refractivity (Wildman–Crippen MR) is 89.6 cm³/mol. The Kier molecular flexibility index (Phi) is 4.28. The van der Waals surface area contributed by atoms with E-state index in [2.05, 4.69) is 41.5 Å². The molecule has 1 aromatic heterocycles. The summed E-state index contributed by atoms with van der Waals surface area (Å²) in [5.41, 5.74) is 3.47. The first kappa shape index (κ1) is 15.5. The maximum atomic E-state index is 12.4. The molecule has 3 rings (SSSR count). The maximum Gasteiger partial charge on any atom is 0.231 e. The first-order valence-electron chi connectivity index (χ1n) is 8.01. The SMILES string of the molecule is CC1=C(c2ccccc2)[C@H]1C(=O)NCCc1nncn1C(C)C. The normalized spacial score (nSPS) is 16.8. The van der Waals surface area contributed by atoms with Gasteiger partial charge in [-0.05, 0) is 31.9 Å². The van der Waals surface area contributed by atoms with Crippen LogP contribution in [0.3, 0.4) is 0 Å². The quantitative estimate of drug-likeness (QED) is 0.892. The molecule has 0 fully saturated rings. The highest BCUT2D eigenvalue weighted by molar-refractivity contribution is 6.05. The van der Waals surface area contributed by atoms with Crippen LogP contribution in [0, 0.1) is 5.92 Å². The molecule has 2 aromatic rings. The van der Waals surface area contributed by atoms with Gasteiger partial charge in [-0.15, -0.1) is 10.2 Å². The lowest BCUT2D eigenvalue weighted by Gasteiger charge is -2.10. The van der Waals surface area contributed by atoms with Crippen molar-refractivity contribution in [1.82, 2.24) is 20.1 Å². The molecule has 120 valence electrons. The summed E-state index contributed by atoms with van der Waals surface area (Å²) in [6.07, 6.45) is 2.43. The van der Waals surface area contributed by atoms with E-state index in [0.29, 0.717) is 19.0 Å². The standard InChI is InChI=1S/C18H22N4O/c1-12(2)22-11-20-21-15(22)9-10-19-18(23)17-13(3)16(17)14-7-5-4-6-8-14/h4-8,11-12,17H,9-10H2,1-3H3,(H,19,23)/t17-/m0/s1. The van der Waals surface area contributed by atoms with Crippen LogP contribution in [0.4, 0.5) is 0 Å². The summed E-state index contributed by atoms with van der Waals surface area (Å²) in [7, 11) is 0. The van der Waals surface area contributed by atoms with Crippen molar-refractivity contribution < 1.29 is 4.79 Å². The molecule has 0 spiro atoms. The van der Waals surface area contributed by atoms with Crippen molar-refractivity contribution in [2.75, 3.05) is 6.54 Å². The lowest BCUT2D eigenvalue weighted by molar-refractivity contribution is -0.121. The molecule has 0 bridgehead atoms. The van der Waals surface area contributed by atoms with Gasteiger partial charge in [0.05, 0.1) is 5.92 Å². The fourth-order valence-corrected chi connectivity index (χ4v) is 2.95. The summed E-state index contributed by atoms with van der Waals surface area (Å²) < 4.78 is 2.03. The molecule has 5 heteroatoms. The highest BCUT2D eigenvalue weighted by Gasteiger charge is 2.39. The molecule has 1 aliphatic carbocycles. The van der Waals surface area contributed by atoms with E-state index in [1.165, 1.54) is 5.57 Å². The van der Waals surface area contributed by atoms with Crippen molar-refractivity contribution in [1.29, 1.82) is 0 Å². The summed E-state index contributed by atoms with van der Waals surface area (Å²) in [4.78, 5) is 12.4. The van der Waals surface area contributed by atoms with Crippen LogP contribution in [-0.4, -0.2) is 27.2 Å². The van der Waals surface area contributed by atoms with Gasteiger partial charge in [0.25, 0.3) is 0 Å². The first-order valence-corrected chi connectivity index (χ1v) is 8.01. The molecule has 0 radical (unpaired) electrons. The Labute approximate surface area is 136 Å². The third-order valence-electron chi connectivity index (χ3n) is 4.26. The highest BCUT2D eigenvalue weighted by Crippen LogP contribution is 2.46. The molecule has 1 aromatic carbocycles. The molecule has 0 saturated heterocycles. The van der Waals surface area contributed by atoms with Gasteiger partial charge in [-0.3, -0.25) is 4.79 Å². The van der Waals surface area contributed by atoms with Crippen molar-refractivity contribution in [3.63, 3.8) is 0 Å². The van der Waals surface area contributed by atoms with Gasteiger partial charge in [0.2, 0.25) is 5.91 Å². The van der Waals surface area contributed by atoms with Crippen LogP contribution in [0.2, 0.25) is 0 Å². The number of benzene rings is 1. The molecule has 0 saturated carbocycles. The van der Waals surface area contributed by atoms with Crippen LogP contribution in [0.25, 0.3) is 5.57 Å². The summed E-state index contributed by atoms with van der Waals surface area (Å²) in [6.45, 7) is 6.79. The number of amides is 1. The lowest BCUT2D eigenvalue weighted by Crippen LogP contribution is -2.29. The van der Waals surface area contributed by atoms with Crippen LogP contribution >= 0.6 is 0 Å². The average molecular weight is 310 g/mol. The van der Waals surface area contributed by atoms with Crippen molar-refractivity contribution in [2.45, 2.75) is 33.2 Å². The minimum absolute atomic E-state index is 0.0691. The second-order valence-electron chi connectivity index (χ2n) is 6.18. The van der Waals surface area contributed by atoms with Crippen LogP contribution in [-0.2, 0) is 11.2 Å². The Morgan fingerprint density at radius 3 is 2.74 bits per heavy atom. The number of nitrogens with zero attached hydrogens (tertiary/aromatic N) is 3. The number of rotatable bonds is 6. The van der Waals surface area contributed by atoms with Gasteiger partial charge >= 0.3 is 0 Å². The lowest BCUT2D eigenvalue weighted by atomic mass is 10.1. The zero-order chi connectivity index (χ0) is 16.4. The van der Waals surface area contributed by atoms with Gasteiger partial charge in [0.1, 0.15) is 12.2 Å². The van der Waals surface area contributed by atoms with Crippen LogP contribution < -0.4 is 5.32 Å². The fraction of sp³-hybridized carbons (Fsp3) is 0.389. The summed E-state index contributed by atoms with van der Waals surface area (Å²) >= 11 is 0. The molecule has 1 atom stereocenters. The molecule has 1 aliphatic rings. The van der Waals surface area contributed by atoms with Crippen molar-refractivity contribution in [2.24, 2.45) is 5.92 Å². The Balaban J connectivity index is 1.53. The monoisotopic (exact) mass is 310 g/mol. The number of aromatic nitrogens is 3. The van der Waals surface area contributed by atoms with Crippen molar-refractivity contribution in [3.8, 4) is 0 Å². The second kappa shape index (κ2) is 6.36. The van der Waals surface area contributed by atoms with Gasteiger partial charge in [-0.25, -0.2) is 0 Å². The minimum atomic E-state index is -0.0691. The molecular formula is C18H22N4O. The molecule has 0 unspecified atom stereocenters. The fourth-order valence-electron chi connectivity index (χ4n) is 2.95. The van der Waals surface area contributed by atoms with Crippen LogP contribution in [0.15, 0.2) is 42.2 Å². The van der Waals surface area contributed by atoms with Crippen molar-refractivity contribution >= 4 is 11.5 Å². The average Bonchev–Trinajstić information content (AvgIpc) is 2.99. The van der Waals surface area contributed by atoms with Gasteiger partial charge in [-0.2, -0.15) is 0 Å². The zero-order valence-corrected chi connectivity index (χ0v) is 13.8. The molecule has 1 heterocycles. The van der Waals surface area contributed by atoms with Crippen LogP contribution in [0.5, 0.6) is 0 Å². The number of hydrogen-bond donors (Lipinski definition) is 1. The van der Waals surface area contributed by atoms with E-state index >= 15 is 0 Å². The topological polar surface area (TPSA) is 59.8 Å². The Morgan fingerprint density at radius 1 is 1.30 bits per heavy atom. The smallest absolute Gasteiger partial charge is 0.231 e. The summed E-state index contributed by atoms with van der Waals surface area (Å²) in [6, 6.07) is 10.4. The Bertz CT molecular complexity index is 730. The third kappa shape index (κ3) is 3.18. The van der Waals surface area contributed by atoms with E-state index in [-0.39, 0.29) is 11.8 Å². The number of carbonyl (C=O) groups excluding carboxylic acids is 1. The van der Waals surface area contributed by atoms with Crippen LogP contribution in [0.1, 0.15) is 38.2 Å². The number of carbonyl (C=O) groups is 1. The molecule has 5 nitrogen and oxygen atoms in total. The van der Waals surface area contributed by atoms with Gasteiger partial charge in [-0.1, -0.05) is 35.9 Å². The van der Waals surface area contributed by atoms with Crippen molar-refractivity contribution in [3.05, 3.63) is 53.6 Å². The van der Waals surface area contributed by atoms with E-state index in [1.807, 2.05) is 29.7 Å². The molecule has 1 amide bonds. The van der Waals surface area contributed by atoms with E-state index in [9.17, 15) is 4.79 Å². The van der Waals surface area contributed by atoms with Gasteiger partial charge in [0.15, 0.2) is 0 Å². The summed E-state index contributed by atoms with van der Waals surface area (Å²) in [5, 5.41) is 11.1. The first-order chi connectivity index (χ1) is 11.1. The number of hydrogen-bond acceptors (Lipinski definition) is 3. The summed E-state index contributed by atoms with van der Waals surface area (Å²) in [5.74, 6) is 0.918. The van der Waals surface area contributed by atoms with Gasteiger partial charge < -0.3 is 9.88 Å². The minimum Gasteiger partial charge on any atom is -0.355 e. The van der Waals surface area contributed by atoms with E-state index in [4.69, 9.17) is 0 Å². The van der Waals surface area contributed by atoms with E-state index in [0.717, 1.165) is 17.0 Å². The largest absolute Gasteiger partial charge is 0.355 e. The Hall–Kier alpha value is -2.43. The molecule has 1 N–H and O–H groups in total.